The SMILES string of the molecule is CCCNC(c1ccc(F)c(F)c1F)c1sccc1Cl. The van der Waals surface area contributed by atoms with Gasteiger partial charge < -0.3 is 5.32 Å². The highest BCUT2D eigenvalue weighted by atomic mass is 35.5. The standard InChI is InChI=1S/C14H13ClF3NS/c1-2-6-19-13(14-9(15)5-7-20-14)8-3-4-10(16)12(18)11(8)17/h3-5,7,13,19H,2,6H2,1H3. The fourth-order valence-corrected chi connectivity index (χ4v) is 3.17. The topological polar surface area (TPSA) is 12.0 Å². The Kier molecular flexibility index (Phi) is 5.07. The first-order chi connectivity index (χ1) is 9.56. The van der Waals surface area contributed by atoms with Crippen LogP contribution in [0.1, 0.15) is 29.8 Å². The molecule has 0 aliphatic rings. The summed E-state index contributed by atoms with van der Waals surface area (Å²) in [6.45, 7) is 2.57. The van der Waals surface area contributed by atoms with E-state index in [4.69, 9.17) is 11.6 Å². The smallest absolute Gasteiger partial charge is 0.194 e. The van der Waals surface area contributed by atoms with Gasteiger partial charge in [0.1, 0.15) is 0 Å². The van der Waals surface area contributed by atoms with Crippen LogP contribution in [-0.2, 0) is 0 Å². The average molecular weight is 320 g/mol. The molecule has 1 aromatic heterocycles. The van der Waals surface area contributed by atoms with Crippen LogP contribution in [0.3, 0.4) is 0 Å². The first kappa shape index (κ1) is 15.4. The molecule has 0 aliphatic carbocycles. The summed E-state index contributed by atoms with van der Waals surface area (Å²) in [5, 5.41) is 5.37. The van der Waals surface area contributed by atoms with Gasteiger partial charge >= 0.3 is 0 Å². The molecule has 0 amide bonds. The van der Waals surface area contributed by atoms with Crippen molar-refractivity contribution in [2.75, 3.05) is 6.54 Å². The van der Waals surface area contributed by atoms with Gasteiger partial charge in [0.25, 0.3) is 0 Å². The minimum Gasteiger partial charge on any atom is -0.305 e. The average Bonchev–Trinajstić information content (AvgIpc) is 2.85. The van der Waals surface area contributed by atoms with Crippen LogP contribution in [0.4, 0.5) is 13.2 Å². The number of hydrogen-bond donors (Lipinski definition) is 1. The molecule has 2 aromatic rings. The van der Waals surface area contributed by atoms with Gasteiger partial charge in [0.05, 0.1) is 11.1 Å². The van der Waals surface area contributed by atoms with Gasteiger partial charge in [-0.15, -0.1) is 11.3 Å². The highest BCUT2D eigenvalue weighted by Crippen LogP contribution is 2.34. The zero-order chi connectivity index (χ0) is 14.7. The molecule has 2 rings (SSSR count). The highest BCUT2D eigenvalue weighted by molar-refractivity contribution is 7.10. The first-order valence-corrected chi connectivity index (χ1v) is 7.41. The molecule has 1 heterocycles. The Labute approximate surface area is 124 Å². The summed E-state index contributed by atoms with van der Waals surface area (Å²) < 4.78 is 40.4. The van der Waals surface area contributed by atoms with E-state index in [0.717, 1.165) is 12.5 Å². The third kappa shape index (κ3) is 3.00. The predicted octanol–water partition coefficient (Wildman–Crippen LogP) is 4.91. The van der Waals surface area contributed by atoms with Gasteiger partial charge in [-0.3, -0.25) is 0 Å². The van der Waals surface area contributed by atoms with Crippen molar-refractivity contribution in [2.45, 2.75) is 19.4 Å². The van der Waals surface area contributed by atoms with Crippen LogP contribution in [-0.4, -0.2) is 6.54 Å². The van der Waals surface area contributed by atoms with Crippen LogP contribution in [0.15, 0.2) is 23.6 Å². The lowest BCUT2D eigenvalue weighted by Gasteiger charge is -2.19. The van der Waals surface area contributed by atoms with Crippen molar-refractivity contribution in [1.29, 1.82) is 0 Å². The minimum absolute atomic E-state index is 0.0571. The molecule has 20 heavy (non-hydrogen) atoms. The predicted molar refractivity (Wildman–Crippen MR) is 75.8 cm³/mol. The molecule has 1 nitrogen and oxygen atoms in total. The summed E-state index contributed by atoms with van der Waals surface area (Å²) >= 11 is 7.41. The molecule has 1 N–H and O–H groups in total. The summed E-state index contributed by atoms with van der Waals surface area (Å²) in [6, 6.07) is 3.28. The molecule has 0 fully saturated rings. The highest BCUT2D eigenvalue weighted by Gasteiger charge is 2.24. The normalized spacial score (nSPS) is 12.7. The zero-order valence-corrected chi connectivity index (χ0v) is 12.3. The first-order valence-electron chi connectivity index (χ1n) is 6.16. The molecule has 0 aliphatic heterocycles. The monoisotopic (exact) mass is 319 g/mol. The lowest BCUT2D eigenvalue weighted by Crippen LogP contribution is -2.24. The number of nitrogens with one attached hydrogen (secondary N) is 1. The van der Waals surface area contributed by atoms with Crippen LogP contribution in [0.25, 0.3) is 0 Å². The Morgan fingerprint density at radius 2 is 1.95 bits per heavy atom. The van der Waals surface area contributed by atoms with E-state index in [-0.39, 0.29) is 5.56 Å². The number of benzene rings is 1. The van der Waals surface area contributed by atoms with E-state index in [2.05, 4.69) is 5.32 Å². The molecule has 6 heteroatoms. The third-order valence-corrected chi connectivity index (χ3v) is 4.30. The maximum absolute atomic E-state index is 14.0. The number of rotatable bonds is 5. The molecule has 108 valence electrons. The molecule has 1 atom stereocenters. The van der Waals surface area contributed by atoms with E-state index < -0.39 is 23.5 Å². The summed E-state index contributed by atoms with van der Waals surface area (Å²) in [7, 11) is 0. The molecule has 1 aromatic carbocycles. The molecular formula is C14H13ClF3NS. The molecule has 0 spiro atoms. The van der Waals surface area contributed by atoms with E-state index in [9.17, 15) is 13.2 Å². The second-order valence-corrected chi connectivity index (χ2v) is 5.64. The van der Waals surface area contributed by atoms with Crippen LogP contribution in [0, 0.1) is 17.5 Å². The second kappa shape index (κ2) is 6.61. The van der Waals surface area contributed by atoms with Crippen LogP contribution in [0.2, 0.25) is 5.02 Å². The largest absolute Gasteiger partial charge is 0.305 e. The third-order valence-electron chi connectivity index (χ3n) is 2.88. The van der Waals surface area contributed by atoms with Gasteiger partial charge in [0.2, 0.25) is 0 Å². The quantitative estimate of drug-likeness (QED) is 0.772. The van der Waals surface area contributed by atoms with Crippen molar-refractivity contribution in [1.82, 2.24) is 5.32 Å². The summed E-state index contributed by atoms with van der Waals surface area (Å²) in [5.41, 5.74) is 0.0571. The molecule has 1 unspecified atom stereocenters. The fourth-order valence-electron chi connectivity index (χ4n) is 1.91. The Morgan fingerprint density at radius 3 is 2.55 bits per heavy atom. The van der Waals surface area contributed by atoms with Crippen LogP contribution < -0.4 is 5.32 Å². The van der Waals surface area contributed by atoms with Crippen molar-refractivity contribution < 1.29 is 13.2 Å². The molecule has 0 bridgehead atoms. The van der Waals surface area contributed by atoms with Gasteiger partial charge in [0, 0.05) is 10.4 Å². The van der Waals surface area contributed by atoms with Gasteiger partial charge in [-0.1, -0.05) is 24.6 Å². The molecule has 0 saturated carbocycles. The van der Waals surface area contributed by atoms with E-state index in [1.54, 1.807) is 11.4 Å². The van der Waals surface area contributed by atoms with Gasteiger partial charge in [-0.25, -0.2) is 13.2 Å². The van der Waals surface area contributed by atoms with Gasteiger partial charge in [-0.2, -0.15) is 0 Å². The lowest BCUT2D eigenvalue weighted by atomic mass is 10.0. The Hall–Kier alpha value is -1.04. The van der Waals surface area contributed by atoms with Gasteiger partial charge in [0.15, 0.2) is 17.5 Å². The molecular weight excluding hydrogens is 307 g/mol. The van der Waals surface area contributed by atoms with Crippen LogP contribution in [0.5, 0.6) is 0 Å². The zero-order valence-electron chi connectivity index (χ0n) is 10.7. The Morgan fingerprint density at radius 1 is 1.20 bits per heavy atom. The van der Waals surface area contributed by atoms with Crippen molar-refractivity contribution in [3.63, 3.8) is 0 Å². The maximum atomic E-state index is 14.0. The second-order valence-electron chi connectivity index (χ2n) is 4.28. The number of hydrogen-bond acceptors (Lipinski definition) is 2. The fraction of sp³-hybridized carbons (Fsp3) is 0.286. The maximum Gasteiger partial charge on any atom is 0.194 e. The van der Waals surface area contributed by atoms with Crippen molar-refractivity contribution >= 4 is 22.9 Å². The van der Waals surface area contributed by atoms with E-state index >= 15 is 0 Å². The Bertz CT molecular complexity index is 600. The van der Waals surface area contributed by atoms with E-state index in [0.29, 0.717) is 16.4 Å². The van der Waals surface area contributed by atoms with Gasteiger partial charge in [-0.05, 0) is 30.5 Å². The van der Waals surface area contributed by atoms with Crippen molar-refractivity contribution in [3.05, 3.63) is 56.5 Å². The molecule has 0 radical (unpaired) electrons. The lowest BCUT2D eigenvalue weighted by molar-refractivity contribution is 0.433. The summed E-state index contributed by atoms with van der Waals surface area (Å²) in [6.07, 6.45) is 0.824. The van der Waals surface area contributed by atoms with Crippen molar-refractivity contribution in [2.24, 2.45) is 0 Å². The summed E-state index contributed by atoms with van der Waals surface area (Å²) in [5.74, 6) is -3.83. The Balaban J connectivity index is 2.47. The molecule has 0 saturated heterocycles. The summed E-state index contributed by atoms with van der Waals surface area (Å²) in [4.78, 5) is 0.685. The van der Waals surface area contributed by atoms with Crippen molar-refractivity contribution in [3.8, 4) is 0 Å². The number of halogens is 4. The van der Waals surface area contributed by atoms with E-state index in [1.807, 2.05) is 6.92 Å². The number of thiophene rings is 1. The van der Waals surface area contributed by atoms with Crippen LogP contribution >= 0.6 is 22.9 Å². The minimum atomic E-state index is -1.46. The van der Waals surface area contributed by atoms with E-state index in [1.165, 1.54) is 17.4 Å².